The SMILES string of the molecule is CCC(C)C(C)N1C2CCCC1CC(N)C2. The van der Waals surface area contributed by atoms with Crippen molar-refractivity contribution >= 4 is 0 Å². The number of hydrogen-bond acceptors (Lipinski definition) is 2. The van der Waals surface area contributed by atoms with E-state index in [4.69, 9.17) is 5.73 Å². The second-order valence-corrected chi connectivity index (χ2v) is 6.04. The van der Waals surface area contributed by atoms with E-state index in [0.717, 1.165) is 24.0 Å². The summed E-state index contributed by atoms with van der Waals surface area (Å²) >= 11 is 0. The number of rotatable bonds is 3. The quantitative estimate of drug-likeness (QED) is 0.798. The minimum Gasteiger partial charge on any atom is -0.328 e. The van der Waals surface area contributed by atoms with Crippen LogP contribution in [0.5, 0.6) is 0 Å². The van der Waals surface area contributed by atoms with Gasteiger partial charge < -0.3 is 5.73 Å². The highest BCUT2D eigenvalue weighted by Crippen LogP contribution is 2.36. The van der Waals surface area contributed by atoms with Crippen molar-refractivity contribution in [2.75, 3.05) is 0 Å². The van der Waals surface area contributed by atoms with Gasteiger partial charge in [-0.05, 0) is 38.5 Å². The van der Waals surface area contributed by atoms with Crippen molar-refractivity contribution in [3.05, 3.63) is 0 Å². The molecule has 4 atom stereocenters. The molecule has 2 aliphatic rings. The van der Waals surface area contributed by atoms with E-state index in [2.05, 4.69) is 25.7 Å². The molecule has 2 nitrogen and oxygen atoms in total. The summed E-state index contributed by atoms with van der Waals surface area (Å²) < 4.78 is 0. The van der Waals surface area contributed by atoms with Gasteiger partial charge >= 0.3 is 0 Å². The number of piperidine rings is 2. The molecule has 0 aliphatic carbocycles. The molecule has 0 radical (unpaired) electrons. The minimum atomic E-state index is 0.468. The maximum absolute atomic E-state index is 6.17. The first kappa shape index (κ1) is 12.4. The van der Waals surface area contributed by atoms with E-state index in [1.165, 1.54) is 38.5 Å². The highest BCUT2D eigenvalue weighted by Gasteiger charge is 2.40. The van der Waals surface area contributed by atoms with E-state index >= 15 is 0 Å². The van der Waals surface area contributed by atoms with E-state index in [-0.39, 0.29) is 0 Å². The van der Waals surface area contributed by atoms with Crippen molar-refractivity contribution in [3.8, 4) is 0 Å². The van der Waals surface area contributed by atoms with Gasteiger partial charge in [-0.25, -0.2) is 0 Å². The summed E-state index contributed by atoms with van der Waals surface area (Å²) in [5, 5.41) is 0. The molecule has 2 saturated heterocycles. The first-order valence-corrected chi connectivity index (χ1v) is 7.16. The lowest BCUT2D eigenvalue weighted by atomic mass is 9.79. The highest BCUT2D eigenvalue weighted by molar-refractivity contribution is 4.96. The van der Waals surface area contributed by atoms with E-state index in [9.17, 15) is 0 Å². The summed E-state index contributed by atoms with van der Waals surface area (Å²) in [5.41, 5.74) is 6.17. The van der Waals surface area contributed by atoms with Crippen LogP contribution in [0, 0.1) is 5.92 Å². The maximum atomic E-state index is 6.17. The Hall–Kier alpha value is -0.0800. The molecule has 0 saturated carbocycles. The largest absolute Gasteiger partial charge is 0.328 e. The molecule has 2 fully saturated rings. The van der Waals surface area contributed by atoms with E-state index in [1.54, 1.807) is 0 Å². The summed E-state index contributed by atoms with van der Waals surface area (Å²) in [6, 6.07) is 2.78. The van der Waals surface area contributed by atoms with Crippen molar-refractivity contribution in [2.45, 2.75) is 83.5 Å². The predicted octanol–water partition coefficient (Wildman–Crippen LogP) is 2.77. The molecule has 2 rings (SSSR count). The van der Waals surface area contributed by atoms with E-state index in [1.807, 2.05) is 0 Å². The molecule has 94 valence electrons. The van der Waals surface area contributed by atoms with Gasteiger partial charge in [0, 0.05) is 24.2 Å². The molecule has 0 aromatic rings. The number of hydrogen-bond donors (Lipinski definition) is 1. The number of fused-ring (bicyclic) bond motifs is 2. The van der Waals surface area contributed by atoms with Gasteiger partial charge in [-0.2, -0.15) is 0 Å². The second kappa shape index (κ2) is 5.05. The molecule has 2 heterocycles. The third-order valence-corrected chi connectivity index (χ3v) is 5.01. The standard InChI is InChI=1S/C14H28N2/c1-4-10(2)11(3)16-13-6-5-7-14(16)9-12(15)8-13/h10-14H,4-9,15H2,1-3H3. The third-order valence-electron chi connectivity index (χ3n) is 5.01. The van der Waals surface area contributed by atoms with E-state index in [0.29, 0.717) is 6.04 Å². The average molecular weight is 224 g/mol. The van der Waals surface area contributed by atoms with Crippen molar-refractivity contribution < 1.29 is 0 Å². The molecule has 0 amide bonds. The lowest BCUT2D eigenvalue weighted by molar-refractivity contribution is -0.0169. The fourth-order valence-corrected chi connectivity index (χ4v) is 3.76. The van der Waals surface area contributed by atoms with Crippen molar-refractivity contribution in [2.24, 2.45) is 11.7 Å². The van der Waals surface area contributed by atoms with Gasteiger partial charge in [0.2, 0.25) is 0 Å². The Morgan fingerprint density at radius 1 is 1.19 bits per heavy atom. The highest BCUT2D eigenvalue weighted by atomic mass is 15.2. The number of nitrogens with zero attached hydrogens (tertiary/aromatic N) is 1. The first-order valence-electron chi connectivity index (χ1n) is 7.16. The van der Waals surface area contributed by atoms with E-state index < -0.39 is 0 Å². The fraction of sp³-hybridized carbons (Fsp3) is 1.00. The Balaban J connectivity index is 2.08. The van der Waals surface area contributed by atoms with Crippen LogP contribution >= 0.6 is 0 Å². The Labute approximate surface area is 101 Å². The molecular weight excluding hydrogens is 196 g/mol. The van der Waals surface area contributed by atoms with Crippen LogP contribution in [-0.4, -0.2) is 29.1 Å². The fourth-order valence-electron chi connectivity index (χ4n) is 3.76. The zero-order chi connectivity index (χ0) is 11.7. The molecule has 2 bridgehead atoms. The van der Waals surface area contributed by atoms with Crippen molar-refractivity contribution in [3.63, 3.8) is 0 Å². The Morgan fingerprint density at radius 3 is 2.25 bits per heavy atom. The summed E-state index contributed by atoms with van der Waals surface area (Å²) in [6.07, 6.45) is 7.94. The molecule has 0 spiro atoms. The molecule has 0 aromatic heterocycles. The summed E-state index contributed by atoms with van der Waals surface area (Å²) in [4.78, 5) is 2.82. The van der Waals surface area contributed by atoms with Crippen LogP contribution in [0.1, 0.15) is 59.3 Å². The molecule has 2 N–H and O–H groups in total. The Morgan fingerprint density at radius 2 is 1.75 bits per heavy atom. The van der Waals surface area contributed by atoms with Gasteiger partial charge in [0.05, 0.1) is 0 Å². The lowest BCUT2D eigenvalue weighted by Gasteiger charge is -2.52. The summed E-state index contributed by atoms with van der Waals surface area (Å²) in [5.74, 6) is 0.817. The van der Waals surface area contributed by atoms with Gasteiger partial charge in [0.25, 0.3) is 0 Å². The monoisotopic (exact) mass is 224 g/mol. The molecule has 0 aromatic carbocycles. The minimum absolute atomic E-state index is 0.468. The lowest BCUT2D eigenvalue weighted by Crippen LogP contribution is -2.59. The van der Waals surface area contributed by atoms with Gasteiger partial charge in [0.15, 0.2) is 0 Å². The smallest absolute Gasteiger partial charge is 0.0116 e. The van der Waals surface area contributed by atoms with Crippen LogP contribution in [0.4, 0.5) is 0 Å². The van der Waals surface area contributed by atoms with Crippen LogP contribution in [-0.2, 0) is 0 Å². The molecule has 4 unspecified atom stereocenters. The number of nitrogens with two attached hydrogens (primary N) is 1. The van der Waals surface area contributed by atoms with Crippen LogP contribution < -0.4 is 5.73 Å². The van der Waals surface area contributed by atoms with Crippen molar-refractivity contribution in [1.82, 2.24) is 4.90 Å². The zero-order valence-electron chi connectivity index (χ0n) is 11.2. The average Bonchev–Trinajstić information content (AvgIpc) is 2.25. The molecule has 2 aliphatic heterocycles. The molecule has 16 heavy (non-hydrogen) atoms. The van der Waals surface area contributed by atoms with Crippen LogP contribution in [0.25, 0.3) is 0 Å². The second-order valence-electron chi connectivity index (χ2n) is 6.04. The van der Waals surface area contributed by atoms with Crippen molar-refractivity contribution in [1.29, 1.82) is 0 Å². The van der Waals surface area contributed by atoms with Crippen LogP contribution in [0.3, 0.4) is 0 Å². The van der Waals surface area contributed by atoms with Crippen LogP contribution in [0.2, 0.25) is 0 Å². The molecular formula is C14H28N2. The van der Waals surface area contributed by atoms with Crippen LogP contribution in [0.15, 0.2) is 0 Å². The van der Waals surface area contributed by atoms with Gasteiger partial charge in [-0.1, -0.05) is 26.7 Å². The predicted molar refractivity (Wildman–Crippen MR) is 69.4 cm³/mol. The maximum Gasteiger partial charge on any atom is 0.0116 e. The Bertz CT molecular complexity index is 212. The zero-order valence-corrected chi connectivity index (χ0v) is 11.2. The molecule has 2 heteroatoms. The third kappa shape index (κ3) is 2.28. The topological polar surface area (TPSA) is 29.3 Å². The van der Waals surface area contributed by atoms with Gasteiger partial charge in [-0.3, -0.25) is 4.90 Å². The van der Waals surface area contributed by atoms with Gasteiger partial charge in [0.1, 0.15) is 0 Å². The normalized spacial score (nSPS) is 39.4. The Kier molecular flexibility index (Phi) is 3.91. The first-order chi connectivity index (χ1) is 7.63. The summed E-state index contributed by atoms with van der Waals surface area (Å²) in [7, 11) is 0. The van der Waals surface area contributed by atoms with Gasteiger partial charge in [-0.15, -0.1) is 0 Å². The summed E-state index contributed by atoms with van der Waals surface area (Å²) in [6.45, 7) is 7.14.